The van der Waals surface area contributed by atoms with Crippen LogP contribution in [0.2, 0.25) is 0 Å². The van der Waals surface area contributed by atoms with Crippen LogP contribution in [0.5, 0.6) is 0 Å². The van der Waals surface area contributed by atoms with E-state index in [4.69, 9.17) is 0 Å². The summed E-state index contributed by atoms with van der Waals surface area (Å²) in [6.07, 6.45) is 3.83. The van der Waals surface area contributed by atoms with E-state index in [-0.39, 0.29) is 5.91 Å². The van der Waals surface area contributed by atoms with Gasteiger partial charge in [0, 0.05) is 50.9 Å². The van der Waals surface area contributed by atoms with Crippen LogP contribution in [0, 0.1) is 5.92 Å². The predicted molar refractivity (Wildman–Crippen MR) is 111 cm³/mol. The van der Waals surface area contributed by atoms with Crippen LogP contribution >= 0.6 is 0 Å². The van der Waals surface area contributed by atoms with Crippen molar-refractivity contribution in [2.24, 2.45) is 5.92 Å². The maximum atomic E-state index is 13.1. The van der Waals surface area contributed by atoms with Gasteiger partial charge >= 0.3 is 0 Å². The highest BCUT2D eigenvalue weighted by Crippen LogP contribution is 2.27. The Morgan fingerprint density at radius 3 is 2.43 bits per heavy atom. The quantitative estimate of drug-likeness (QED) is 0.884. The van der Waals surface area contributed by atoms with Crippen molar-refractivity contribution in [3.63, 3.8) is 0 Å². The lowest BCUT2D eigenvalue weighted by Crippen LogP contribution is -2.52. The molecule has 3 heterocycles. The second kappa shape index (κ2) is 8.45. The lowest BCUT2D eigenvalue weighted by molar-refractivity contribution is 0.0500. The minimum atomic E-state index is 0.0957. The third-order valence-corrected chi connectivity index (χ3v) is 6.56. The van der Waals surface area contributed by atoms with Crippen molar-refractivity contribution >= 4 is 5.91 Å². The number of likely N-dealkylation sites (tertiary alicyclic amines) is 1. The summed E-state index contributed by atoms with van der Waals surface area (Å²) in [5.41, 5.74) is 2.50. The molecule has 1 aromatic heterocycles. The monoisotopic (exact) mass is 381 g/mol. The Kier molecular flexibility index (Phi) is 5.78. The molecule has 0 bridgehead atoms. The summed E-state index contributed by atoms with van der Waals surface area (Å²) in [6.45, 7) is 8.67. The zero-order chi connectivity index (χ0) is 19.5. The third-order valence-electron chi connectivity index (χ3n) is 6.56. The first-order valence-electron chi connectivity index (χ1n) is 10.4. The summed E-state index contributed by atoms with van der Waals surface area (Å²) >= 11 is 0. The minimum absolute atomic E-state index is 0.0957. The molecular weight excluding hydrogens is 350 g/mol. The molecule has 2 aliphatic heterocycles. The van der Waals surface area contributed by atoms with Gasteiger partial charge in [-0.25, -0.2) is 0 Å². The van der Waals surface area contributed by atoms with Gasteiger partial charge in [-0.2, -0.15) is 5.10 Å². The van der Waals surface area contributed by atoms with E-state index in [0.29, 0.717) is 17.5 Å². The normalized spacial score (nSPS) is 21.0. The van der Waals surface area contributed by atoms with Crippen LogP contribution < -0.4 is 0 Å². The number of benzene rings is 1. The van der Waals surface area contributed by atoms with Gasteiger partial charge in [0.1, 0.15) is 0 Å². The Morgan fingerprint density at radius 1 is 1.07 bits per heavy atom. The van der Waals surface area contributed by atoms with E-state index in [9.17, 15) is 4.79 Å². The van der Waals surface area contributed by atoms with Crippen molar-refractivity contribution < 1.29 is 4.79 Å². The van der Waals surface area contributed by atoms with E-state index < -0.39 is 0 Å². The van der Waals surface area contributed by atoms with E-state index in [1.54, 1.807) is 6.20 Å². The first-order valence-corrected chi connectivity index (χ1v) is 10.4. The van der Waals surface area contributed by atoms with Crippen LogP contribution in [-0.4, -0.2) is 83.2 Å². The summed E-state index contributed by atoms with van der Waals surface area (Å²) in [4.78, 5) is 20.2. The molecular formula is C22H31N5O. The fraction of sp³-hybridized carbons (Fsp3) is 0.545. The van der Waals surface area contributed by atoms with Crippen molar-refractivity contribution in [2.75, 3.05) is 46.3 Å². The molecule has 0 aliphatic carbocycles. The van der Waals surface area contributed by atoms with Crippen molar-refractivity contribution in [1.82, 2.24) is 24.9 Å². The van der Waals surface area contributed by atoms with Gasteiger partial charge in [0.25, 0.3) is 5.91 Å². The fourth-order valence-corrected chi connectivity index (χ4v) is 4.56. The molecule has 1 aromatic carbocycles. The number of likely N-dealkylation sites (N-methyl/N-ethyl adjacent to an activating group) is 1. The number of amides is 1. The number of carbonyl (C=O) groups excluding carboxylic acids is 1. The van der Waals surface area contributed by atoms with Crippen molar-refractivity contribution in [3.05, 3.63) is 42.1 Å². The number of carbonyl (C=O) groups is 1. The number of H-pyrrole nitrogens is 1. The molecule has 2 fully saturated rings. The summed E-state index contributed by atoms with van der Waals surface area (Å²) < 4.78 is 0. The molecule has 0 unspecified atom stereocenters. The van der Waals surface area contributed by atoms with Crippen LogP contribution in [0.1, 0.15) is 30.1 Å². The Balaban J connectivity index is 1.37. The lowest BCUT2D eigenvalue weighted by Gasteiger charge is -2.42. The number of nitrogens with zero attached hydrogens (tertiary/aromatic N) is 4. The number of piperidine rings is 1. The molecule has 1 N–H and O–H groups in total. The van der Waals surface area contributed by atoms with Gasteiger partial charge in [0.05, 0.1) is 17.5 Å². The molecule has 4 rings (SSSR count). The van der Waals surface area contributed by atoms with Gasteiger partial charge in [0.2, 0.25) is 0 Å². The molecule has 6 heteroatoms. The largest absolute Gasteiger partial charge is 0.339 e. The zero-order valence-corrected chi connectivity index (χ0v) is 17.0. The smallest absolute Gasteiger partial charge is 0.257 e. The van der Waals surface area contributed by atoms with Crippen molar-refractivity contribution in [2.45, 2.75) is 25.8 Å². The fourth-order valence-electron chi connectivity index (χ4n) is 4.56. The van der Waals surface area contributed by atoms with E-state index in [0.717, 1.165) is 63.4 Å². The standard InChI is InChI=1S/C22H31N5O/c1-17(26-14-12-25(2)13-15-26)18-8-10-27(11-9-18)22(28)20-16-23-24-21(20)19-6-4-3-5-7-19/h3-7,16-18H,8-15H2,1-2H3,(H,23,24)/t17-/m0/s1. The van der Waals surface area contributed by atoms with Gasteiger partial charge < -0.3 is 9.80 Å². The maximum absolute atomic E-state index is 13.1. The molecule has 0 spiro atoms. The Morgan fingerprint density at radius 2 is 1.75 bits per heavy atom. The molecule has 150 valence electrons. The Bertz CT molecular complexity index is 773. The zero-order valence-electron chi connectivity index (χ0n) is 17.0. The van der Waals surface area contributed by atoms with Crippen LogP contribution in [0.3, 0.4) is 0 Å². The van der Waals surface area contributed by atoms with E-state index >= 15 is 0 Å². The highest BCUT2D eigenvalue weighted by molar-refractivity contribution is 5.99. The average molecular weight is 382 g/mol. The average Bonchev–Trinajstić information content (AvgIpc) is 3.24. The Hall–Kier alpha value is -2.18. The van der Waals surface area contributed by atoms with Gasteiger partial charge in [-0.05, 0) is 32.7 Å². The van der Waals surface area contributed by atoms with E-state index in [2.05, 4.69) is 34.0 Å². The number of aromatic amines is 1. The van der Waals surface area contributed by atoms with Gasteiger partial charge in [-0.3, -0.25) is 14.8 Å². The number of rotatable bonds is 4. The van der Waals surface area contributed by atoms with Crippen molar-refractivity contribution in [3.8, 4) is 11.3 Å². The van der Waals surface area contributed by atoms with Gasteiger partial charge in [-0.1, -0.05) is 30.3 Å². The summed E-state index contributed by atoms with van der Waals surface area (Å²) in [7, 11) is 2.20. The van der Waals surface area contributed by atoms with Gasteiger partial charge in [-0.15, -0.1) is 0 Å². The van der Waals surface area contributed by atoms with Crippen LogP contribution in [0.25, 0.3) is 11.3 Å². The lowest BCUT2D eigenvalue weighted by atomic mass is 9.88. The van der Waals surface area contributed by atoms with Crippen molar-refractivity contribution in [1.29, 1.82) is 0 Å². The number of hydrogen-bond acceptors (Lipinski definition) is 4. The number of hydrogen-bond donors (Lipinski definition) is 1. The topological polar surface area (TPSA) is 55.5 Å². The molecule has 28 heavy (non-hydrogen) atoms. The number of nitrogens with one attached hydrogen (secondary N) is 1. The number of aromatic nitrogens is 2. The molecule has 2 aliphatic rings. The SMILES string of the molecule is C[C@@H](C1CCN(C(=O)c2cn[nH]c2-c2ccccc2)CC1)N1CCN(C)CC1. The highest BCUT2D eigenvalue weighted by Gasteiger charge is 2.31. The predicted octanol–water partition coefficient (Wildman–Crippen LogP) is 2.56. The van der Waals surface area contributed by atoms with Crippen LogP contribution in [0.15, 0.2) is 36.5 Å². The first kappa shape index (κ1) is 19.2. The first-order chi connectivity index (χ1) is 13.6. The molecule has 1 amide bonds. The molecule has 0 radical (unpaired) electrons. The summed E-state index contributed by atoms with van der Waals surface area (Å²) in [5.74, 6) is 0.767. The van der Waals surface area contributed by atoms with Crippen LogP contribution in [0.4, 0.5) is 0 Å². The van der Waals surface area contributed by atoms with E-state index in [1.165, 1.54) is 0 Å². The van der Waals surface area contributed by atoms with E-state index in [1.807, 2.05) is 35.2 Å². The maximum Gasteiger partial charge on any atom is 0.257 e. The van der Waals surface area contributed by atoms with Gasteiger partial charge in [0.15, 0.2) is 0 Å². The number of piperazine rings is 1. The second-order valence-electron chi connectivity index (χ2n) is 8.23. The Labute approximate surface area is 167 Å². The molecule has 2 saturated heterocycles. The molecule has 1 atom stereocenters. The minimum Gasteiger partial charge on any atom is -0.339 e. The summed E-state index contributed by atoms with van der Waals surface area (Å²) in [5, 5.41) is 7.15. The molecule has 6 nitrogen and oxygen atoms in total. The summed E-state index contributed by atoms with van der Waals surface area (Å²) in [6, 6.07) is 10.6. The van der Waals surface area contributed by atoms with Crippen LogP contribution in [-0.2, 0) is 0 Å². The molecule has 2 aromatic rings. The second-order valence-corrected chi connectivity index (χ2v) is 8.23. The molecule has 0 saturated carbocycles. The third kappa shape index (κ3) is 3.98. The highest BCUT2D eigenvalue weighted by atomic mass is 16.2.